The molecular formula is C12H18N2O4S. The van der Waals surface area contributed by atoms with Gasteiger partial charge < -0.3 is 20.8 Å². The molecule has 3 atom stereocenters. The summed E-state index contributed by atoms with van der Waals surface area (Å²) in [7, 11) is 0. The Labute approximate surface area is 115 Å². The summed E-state index contributed by atoms with van der Waals surface area (Å²) in [5.74, 6) is -0.480. The van der Waals surface area contributed by atoms with Gasteiger partial charge in [-0.1, -0.05) is 0 Å². The highest BCUT2D eigenvalue weighted by Gasteiger charge is 2.56. The number of nitrogens with zero attached hydrogens (tertiary/aromatic N) is 1. The lowest BCUT2D eigenvalue weighted by atomic mass is 9.83. The summed E-state index contributed by atoms with van der Waals surface area (Å²) in [5.41, 5.74) is 6.29. The van der Waals surface area contributed by atoms with Gasteiger partial charge in [-0.05, 0) is 18.9 Å². The van der Waals surface area contributed by atoms with E-state index in [-0.39, 0.29) is 17.6 Å². The molecule has 7 heteroatoms. The normalized spacial score (nSPS) is 27.3. The first-order chi connectivity index (χ1) is 8.99. The number of carbonyl (C=O) groups excluding carboxylic acids is 1. The molecule has 6 nitrogen and oxygen atoms in total. The Bertz CT molecular complexity index is 435. The van der Waals surface area contributed by atoms with Gasteiger partial charge in [0.05, 0.1) is 18.1 Å². The van der Waals surface area contributed by atoms with E-state index in [0.29, 0.717) is 18.7 Å². The Morgan fingerprint density at radius 1 is 1.63 bits per heavy atom. The Morgan fingerprint density at radius 3 is 2.84 bits per heavy atom. The van der Waals surface area contributed by atoms with E-state index in [1.165, 1.54) is 4.90 Å². The van der Waals surface area contributed by atoms with Crippen molar-refractivity contribution in [2.24, 2.45) is 11.7 Å². The minimum atomic E-state index is -1.07. The Hall–Kier alpha value is -1.05. The van der Waals surface area contributed by atoms with E-state index in [1.807, 2.05) is 0 Å². The lowest BCUT2D eigenvalue weighted by Gasteiger charge is -2.44. The number of aliphatic carboxylic acids is 1. The maximum Gasteiger partial charge on any atom is 0.352 e. The van der Waals surface area contributed by atoms with Gasteiger partial charge in [0.1, 0.15) is 5.70 Å². The number of fused-ring (bicyclic) bond motifs is 1. The van der Waals surface area contributed by atoms with Crippen LogP contribution in [-0.4, -0.2) is 57.2 Å². The zero-order valence-corrected chi connectivity index (χ0v) is 11.5. The van der Waals surface area contributed by atoms with E-state index in [9.17, 15) is 19.8 Å². The van der Waals surface area contributed by atoms with E-state index in [2.05, 4.69) is 0 Å². The molecule has 0 aromatic carbocycles. The van der Waals surface area contributed by atoms with Gasteiger partial charge in [0, 0.05) is 18.1 Å². The number of aliphatic hydroxyl groups excluding tert-OH is 1. The summed E-state index contributed by atoms with van der Waals surface area (Å²) in [6.45, 7) is 2.12. The van der Waals surface area contributed by atoms with E-state index >= 15 is 0 Å². The summed E-state index contributed by atoms with van der Waals surface area (Å²) in [6, 6.07) is -0.188. The summed E-state index contributed by atoms with van der Waals surface area (Å²) >= 11 is 1.57. The highest BCUT2D eigenvalue weighted by Crippen LogP contribution is 2.44. The second-order valence-corrected chi connectivity index (χ2v) is 5.95. The smallest absolute Gasteiger partial charge is 0.352 e. The van der Waals surface area contributed by atoms with Crippen LogP contribution in [0, 0.1) is 5.92 Å². The number of amides is 1. The molecule has 2 rings (SSSR count). The van der Waals surface area contributed by atoms with Crippen LogP contribution < -0.4 is 5.73 Å². The van der Waals surface area contributed by atoms with Gasteiger partial charge in [0.25, 0.3) is 0 Å². The predicted molar refractivity (Wildman–Crippen MR) is 71.5 cm³/mol. The molecule has 4 N–H and O–H groups in total. The number of hydrogen-bond donors (Lipinski definition) is 3. The molecule has 0 aromatic rings. The highest BCUT2D eigenvalue weighted by atomic mass is 32.2. The number of nitrogens with two attached hydrogens (primary N) is 1. The lowest BCUT2D eigenvalue weighted by molar-refractivity contribution is -0.161. The minimum Gasteiger partial charge on any atom is -0.477 e. The molecule has 0 bridgehead atoms. The van der Waals surface area contributed by atoms with Gasteiger partial charge in [0.2, 0.25) is 5.91 Å². The summed E-state index contributed by atoms with van der Waals surface area (Å²) in [5, 5.41) is 18.8. The van der Waals surface area contributed by atoms with E-state index in [4.69, 9.17) is 5.73 Å². The number of β-lactam (4-membered cyclic amide) rings is 1. The predicted octanol–water partition coefficient (Wildman–Crippen LogP) is -0.371. The van der Waals surface area contributed by atoms with Crippen molar-refractivity contribution in [2.45, 2.75) is 25.5 Å². The van der Waals surface area contributed by atoms with Crippen molar-refractivity contribution < 1.29 is 19.8 Å². The summed E-state index contributed by atoms with van der Waals surface area (Å²) < 4.78 is 0. The SMILES string of the molecule is C[C@@H](O)[C@H]1C(=O)N2C(C(=O)O)=C(CSCCN)C[C@H]12. The quantitative estimate of drug-likeness (QED) is 0.454. The molecule has 0 saturated carbocycles. The number of aliphatic hydroxyl groups is 1. The Kier molecular flexibility index (Phi) is 4.17. The van der Waals surface area contributed by atoms with Crippen LogP contribution in [0.25, 0.3) is 0 Å². The fraction of sp³-hybridized carbons (Fsp3) is 0.667. The van der Waals surface area contributed by atoms with Gasteiger partial charge in [-0.25, -0.2) is 4.79 Å². The lowest BCUT2D eigenvalue weighted by Crippen LogP contribution is -2.61. The second kappa shape index (κ2) is 5.52. The van der Waals surface area contributed by atoms with Crippen molar-refractivity contribution in [3.63, 3.8) is 0 Å². The van der Waals surface area contributed by atoms with Gasteiger partial charge in [0.15, 0.2) is 0 Å². The molecule has 1 amide bonds. The van der Waals surface area contributed by atoms with Crippen molar-refractivity contribution in [1.29, 1.82) is 0 Å². The van der Waals surface area contributed by atoms with Crippen LogP contribution in [0.15, 0.2) is 11.3 Å². The first kappa shape index (κ1) is 14.4. The van der Waals surface area contributed by atoms with E-state index in [0.717, 1.165) is 11.3 Å². The molecule has 0 unspecified atom stereocenters. The molecule has 0 aliphatic carbocycles. The zero-order chi connectivity index (χ0) is 14.2. The Balaban J connectivity index is 2.14. The van der Waals surface area contributed by atoms with E-state index < -0.39 is 18.0 Å². The molecule has 0 radical (unpaired) electrons. The summed E-state index contributed by atoms with van der Waals surface area (Å²) in [4.78, 5) is 24.6. The van der Waals surface area contributed by atoms with Gasteiger partial charge in [-0.2, -0.15) is 11.8 Å². The van der Waals surface area contributed by atoms with Crippen molar-refractivity contribution in [2.75, 3.05) is 18.1 Å². The molecular weight excluding hydrogens is 268 g/mol. The van der Waals surface area contributed by atoms with Crippen LogP contribution in [0.1, 0.15) is 13.3 Å². The topological polar surface area (TPSA) is 104 Å². The third-order valence-corrected chi connectivity index (χ3v) is 4.64. The fourth-order valence-electron chi connectivity index (χ4n) is 2.77. The number of carboxylic acid groups (broad SMARTS) is 1. The molecule has 2 heterocycles. The Morgan fingerprint density at radius 2 is 2.32 bits per heavy atom. The molecule has 19 heavy (non-hydrogen) atoms. The van der Waals surface area contributed by atoms with Crippen LogP contribution in [0.4, 0.5) is 0 Å². The van der Waals surface area contributed by atoms with Crippen LogP contribution >= 0.6 is 11.8 Å². The number of carboxylic acids is 1. The molecule has 1 saturated heterocycles. The first-order valence-electron chi connectivity index (χ1n) is 6.23. The molecule has 2 aliphatic heterocycles. The monoisotopic (exact) mass is 286 g/mol. The number of carbonyl (C=O) groups is 2. The van der Waals surface area contributed by atoms with Crippen LogP contribution in [-0.2, 0) is 9.59 Å². The largest absolute Gasteiger partial charge is 0.477 e. The number of hydrogen-bond acceptors (Lipinski definition) is 5. The minimum absolute atomic E-state index is 0.108. The fourth-order valence-corrected chi connectivity index (χ4v) is 3.58. The molecule has 2 aliphatic rings. The molecule has 0 aromatic heterocycles. The average molecular weight is 286 g/mol. The summed E-state index contributed by atoms with van der Waals surface area (Å²) in [6.07, 6.45) is -0.194. The first-order valence-corrected chi connectivity index (χ1v) is 7.38. The third kappa shape index (κ3) is 2.37. The standard InChI is InChI=1S/C12H18N2O4S/c1-6(15)9-8-4-7(5-19-3-2-13)10(12(17)18)14(8)11(9)16/h6,8-9,15H,2-5,13H2,1H3,(H,17,18)/t6-,8-,9-/m1/s1. The van der Waals surface area contributed by atoms with Gasteiger partial charge in [-0.15, -0.1) is 0 Å². The third-order valence-electron chi connectivity index (χ3n) is 3.56. The van der Waals surface area contributed by atoms with Crippen LogP contribution in [0.2, 0.25) is 0 Å². The van der Waals surface area contributed by atoms with E-state index in [1.54, 1.807) is 18.7 Å². The highest BCUT2D eigenvalue weighted by molar-refractivity contribution is 7.99. The van der Waals surface area contributed by atoms with Crippen LogP contribution in [0.5, 0.6) is 0 Å². The van der Waals surface area contributed by atoms with Crippen molar-refractivity contribution >= 4 is 23.6 Å². The van der Waals surface area contributed by atoms with Gasteiger partial charge >= 0.3 is 5.97 Å². The second-order valence-electron chi connectivity index (χ2n) is 4.84. The van der Waals surface area contributed by atoms with Crippen LogP contribution in [0.3, 0.4) is 0 Å². The zero-order valence-electron chi connectivity index (χ0n) is 10.7. The molecule has 0 spiro atoms. The van der Waals surface area contributed by atoms with Crippen molar-refractivity contribution in [1.82, 2.24) is 4.90 Å². The van der Waals surface area contributed by atoms with Crippen molar-refractivity contribution in [3.8, 4) is 0 Å². The molecule has 1 fully saturated rings. The van der Waals surface area contributed by atoms with Crippen molar-refractivity contribution in [3.05, 3.63) is 11.3 Å². The maximum atomic E-state index is 11.9. The van der Waals surface area contributed by atoms with Gasteiger partial charge in [-0.3, -0.25) is 4.79 Å². The number of rotatable bonds is 6. The number of thioether (sulfide) groups is 1. The maximum absolute atomic E-state index is 11.9. The average Bonchev–Trinajstić information content (AvgIpc) is 2.64. The molecule has 106 valence electrons.